The number of hydrogen-bond donors (Lipinski definition) is 0. The Morgan fingerprint density at radius 2 is 2.00 bits per heavy atom. The molecule has 0 saturated carbocycles. The van der Waals surface area contributed by atoms with Crippen LogP contribution in [0, 0.1) is 0 Å². The summed E-state index contributed by atoms with van der Waals surface area (Å²) in [6.07, 6.45) is 3.75. The van der Waals surface area contributed by atoms with Gasteiger partial charge in [-0.05, 0) is 13.3 Å². The van der Waals surface area contributed by atoms with E-state index in [1.165, 1.54) is 11.8 Å². The van der Waals surface area contributed by atoms with Gasteiger partial charge < -0.3 is 9.47 Å². The lowest BCUT2D eigenvalue weighted by atomic mass is 10.0. The first-order valence-corrected chi connectivity index (χ1v) is 7.16. The van der Waals surface area contributed by atoms with Gasteiger partial charge in [0.25, 0.3) is 0 Å². The quantitative estimate of drug-likeness (QED) is 0.448. The molecular formula is C12H16Cl3NO4. The number of carbonyl (C=O) groups is 2. The van der Waals surface area contributed by atoms with Crippen molar-refractivity contribution >= 4 is 46.9 Å². The second-order valence-corrected chi connectivity index (χ2v) is 6.95. The molecule has 5 nitrogen and oxygen atoms in total. The molecular weight excluding hydrogens is 328 g/mol. The smallest absolute Gasteiger partial charge is 0.410 e. The fourth-order valence-corrected chi connectivity index (χ4v) is 2.03. The van der Waals surface area contributed by atoms with Gasteiger partial charge >= 0.3 is 12.1 Å². The van der Waals surface area contributed by atoms with Crippen molar-refractivity contribution in [2.24, 2.45) is 0 Å². The number of ether oxygens (including phenoxy) is 2. The fraction of sp³-hybridized carbons (Fsp3) is 0.667. The van der Waals surface area contributed by atoms with Gasteiger partial charge in [0.1, 0.15) is 13.2 Å². The van der Waals surface area contributed by atoms with Crippen LogP contribution >= 0.6 is 34.8 Å². The zero-order valence-corrected chi connectivity index (χ0v) is 13.4. The second-order valence-electron chi connectivity index (χ2n) is 4.44. The topological polar surface area (TPSA) is 55.8 Å². The van der Waals surface area contributed by atoms with Gasteiger partial charge in [-0.1, -0.05) is 47.0 Å². The maximum Gasteiger partial charge on any atom is 0.410 e. The SMILES string of the molecule is CC(=O)OC[C@H]1CC=C[C@H](C)N1C(=O)OCC(Cl)(Cl)Cl. The molecule has 0 N–H and O–H groups in total. The largest absolute Gasteiger partial charge is 0.464 e. The molecule has 114 valence electrons. The molecule has 1 aliphatic rings. The lowest BCUT2D eigenvalue weighted by Crippen LogP contribution is -2.50. The summed E-state index contributed by atoms with van der Waals surface area (Å²) < 4.78 is 8.27. The minimum absolute atomic E-state index is 0.104. The normalized spacial score (nSPS) is 22.6. The third-order valence-corrected chi connectivity index (χ3v) is 3.03. The van der Waals surface area contributed by atoms with Gasteiger partial charge in [-0.25, -0.2) is 4.79 Å². The van der Waals surface area contributed by atoms with E-state index < -0.39 is 15.9 Å². The zero-order chi connectivity index (χ0) is 15.3. The van der Waals surface area contributed by atoms with Crippen LogP contribution in [0.25, 0.3) is 0 Å². The van der Waals surface area contributed by atoms with E-state index in [9.17, 15) is 9.59 Å². The molecule has 0 aromatic rings. The van der Waals surface area contributed by atoms with Gasteiger partial charge in [0.2, 0.25) is 3.79 Å². The maximum atomic E-state index is 12.1. The van der Waals surface area contributed by atoms with Crippen molar-refractivity contribution in [2.45, 2.75) is 36.1 Å². The Labute approximate surface area is 132 Å². The predicted molar refractivity (Wildman–Crippen MR) is 77.1 cm³/mol. The average molecular weight is 345 g/mol. The molecule has 0 fully saturated rings. The van der Waals surface area contributed by atoms with Crippen LogP contribution in [0.3, 0.4) is 0 Å². The highest BCUT2D eigenvalue weighted by atomic mass is 35.6. The standard InChI is InChI=1S/C12H16Cl3NO4/c1-8-4-3-5-10(6-19-9(2)17)16(8)11(18)20-7-12(13,14)15/h3-4,8,10H,5-7H2,1-2H3/t8-,10+/m0/s1. The minimum Gasteiger partial charge on any atom is -0.464 e. The van der Waals surface area contributed by atoms with Crippen molar-refractivity contribution in [3.05, 3.63) is 12.2 Å². The Balaban J connectivity index is 2.67. The van der Waals surface area contributed by atoms with Gasteiger partial charge in [-0.2, -0.15) is 0 Å². The van der Waals surface area contributed by atoms with Crippen molar-refractivity contribution < 1.29 is 19.1 Å². The molecule has 2 atom stereocenters. The highest BCUT2D eigenvalue weighted by Crippen LogP contribution is 2.27. The van der Waals surface area contributed by atoms with E-state index in [1.807, 2.05) is 19.1 Å². The summed E-state index contributed by atoms with van der Waals surface area (Å²) in [5.41, 5.74) is 0. The number of carbonyl (C=O) groups excluding carboxylic acids is 2. The number of hydrogen-bond acceptors (Lipinski definition) is 4. The molecule has 0 radical (unpaired) electrons. The van der Waals surface area contributed by atoms with Gasteiger partial charge in [-0.3, -0.25) is 9.69 Å². The minimum atomic E-state index is -1.66. The highest BCUT2D eigenvalue weighted by molar-refractivity contribution is 6.67. The highest BCUT2D eigenvalue weighted by Gasteiger charge is 2.33. The van der Waals surface area contributed by atoms with Gasteiger partial charge in [0.05, 0.1) is 12.1 Å². The number of esters is 1. The van der Waals surface area contributed by atoms with Crippen LogP contribution in [0.2, 0.25) is 0 Å². The first-order valence-electron chi connectivity index (χ1n) is 6.02. The van der Waals surface area contributed by atoms with Gasteiger partial charge in [0, 0.05) is 6.92 Å². The number of alkyl halides is 3. The van der Waals surface area contributed by atoms with Crippen LogP contribution in [0.15, 0.2) is 12.2 Å². The molecule has 0 aliphatic carbocycles. The molecule has 0 bridgehead atoms. The lowest BCUT2D eigenvalue weighted by molar-refractivity contribution is -0.142. The summed E-state index contributed by atoms with van der Waals surface area (Å²) >= 11 is 16.6. The van der Waals surface area contributed by atoms with Gasteiger partial charge in [0.15, 0.2) is 0 Å². The number of halogens is 3. The van der Waals surface area contributed by atoms with Crippen LogP contribution in [0.4, 0.5) is 4.79 Å². The molecule has 0 aromatic heterocycles. The van der Waals surface area contributed by atoms with Crippen molar-refractivity contribution in [3.63, 3.8) is 0 Å². The Morgan fingerprint density at radius 1 is 1.35 bits per heavy atom. The molecule has 0 spiro atoms. The van der Waals surface area contributed by atoms with Crippen molar-refractivity contribution in [3.8, 4) is 0 Å². The monoisotopic (exact) mass is 343 g/mol. The summed E-state index contributed by atoms with van der Waals surface area (Å²) in [6.45, 7) is 2.90. The van der Waals surface area contributed by atoms with Crippen LogP contribution in [0.1, 0.15) is 20.3 Å². The summed E-state index contributed by atoms with van der Waals surface area (Å²) in [6, 6.07) is -0.478. The predicted octanol–water partition coefficient (Wildman–Crippen LogP) is 3.08. The Morgan fingerprint density at radius 3 is 2.55 bits per heavy atom. The molecule has 0 saturated heterocycles. The Hall–Kier alpha value is -0.650. The fourth-order valence-electron chi connectivity index (χ4n) is 1.87. The van der Waals surface area contributed by atoms with Crippen molar-refractivity contribution in [1.82, 2.24) is 4.90 Å². The summed E-state index contributed by atoms with van der Waals surface area (Å²) in [4.78, 5) is 24.4. The average Bonchev–Trinajstić information content (AvgIpc) is 2.32. The van der Waals surface area contributed by atoms with E-state index in [0.717, 1.165) is 0 Å². The first-order chi connectivity index (χ1) is 9.20. The Bertz CT molecular complexity index is 395. The molecule has 0 aromatic carbocycles. The third kappa shape index (κ3) is 5.77. The molecule has 0 unspecified atom stereocenters. The van der Waals surface area contributed by atoms with Crippen LogP contribution in [0.5, 0.6) is 0 Å². The van der Waals surface area contributed by atoms with E-state index in [2.05, 4.69) is 0 Å². The number of amides is 1. The second kappa shape index (κ2) is 7.38. The van der Waals surface area contributed by atoms with E-state index in [0.29, 0.717) is 6.42 Å². The summed E-state index contributed by atoms with van der Waals surface area (Å²) in [5.74, 6) is -0.401. The van der Waals surface area contributed by atoms with Crippen molar-refractivity contribution in [1.29, 1.82) is 0 Å². The van der Waals surface area contributed by atoms with Crippen molar-refractivity contribution in [2.75, 3.05) is 13.2 Å². The van der Waals surface area contributed by atoms with E-state index in [-0.39, 0.29) is 25.3 Å². The summed E-state index contributed by atoms with van der Waals surface area (Å²) in [7, 11) is 0. The summed E-state index contributed by atoms with van der Waals surface area (Å²) in [5, 5.41) is 0. The van der Waals surface area contributed by atoms with E-state index in [4.69, 9.17) is 44.3 Å². The lowest BCUT2D eigenvalue weighted by Gasteiger charge is -2.36. The molecule has 1 heterocycles. The third-order valence-electron chi connectivity index (χ3n) is 2.70. The van der Waals surface area contributed by atoms with Crippen LogP contribution < -0.4 is 0 Å². The Kier molecular flexibility index (Phi) is 6.43. The van der Waals surface area contributed by atoms with Crippen LogP contribution in [-0.2, 0) is 14.3 Å². The van der Waals surface area contributed by atoms with E-state index >= 15 is 0 Å². The maximum absolute atomic E-state index is 12.1. The molecule has 1 aliphatic heterocycles. The number of rotatable bonds is 3. The van der Waals surface area contributed by atoms with E-state index in [1.54, 1.807) is 0 Å². The zero-order valence-electron chi connectivity index (χ0n) is 11.1. The molecule has 20 heavy (non-hydrogen) atoms. The van der Waals surface area contributed by atoms with Gasteiger partial charge in [-0.15, -0.1) is 0 Å². The van der Waals surface area contributed by atoms with Crippen LogP contribution in [-0.4, -0.2) is 46.1 Å². The molecule has 1 rings (SSSR count). The first kappa shape index (κ1) is 17.4. The molecule has 1 amide bonds. The molecule has 8 heteroatoms. The number of nitrogens with zero attached hydrogens (tertiary/aromatic N) is 1.